The van der Waals surface area contributed by atoms with Gasteiger partial charge < -0.3 is 9.15 Å². The molecule has 5 heteroatoms. The standard InChI is InChI=1S/C14H23NO3S/c1-10(2)7-13(14(16)17-3)15-8-11-5-6-12(18-11)9-19-4/h5-6,10,13,15H,7-9H2,1-4H3. The maximum Gasteiger partial charge on any atom is 0.322 e. The van der Waals surface area contributed by atoms with Crippen LogP contribution in [0, 0.1) is 5.92 Å². The van der Waals surface area contributed by atoms with Gasteiger partial charge in [0.1, 0.15) is 17.6 Å². The first-order valence-electron chi connectivity index (χ1n) is 6.44. The smallest absolute Gasteiger partial charge is 0.322 e. The van der Waals surface area contributed by atoms with Crippen molar-refractivity contribution in [1.82, 2.24) is 5.32 Å². The number of carbonyl (C=O) groups is 1. The number of hydrogen-bond acceptors (Lipinski definition) is 5. The van der Waals surface area contributed by atoms with E-state index in [1.165, 1.54) is 7.11 Å². The van der Waals surface area contributed by atoms with Gasteiger partial charge >= 0.3 is 5.97 Å². The molecule has 0 aliphatic heterocycles. The normalized spacial score (nSPS) is 12.7. The van der Waals surface area contributed by atoms with E-state index in [1.807, 2.05) is 18.4 Å². The van der Waals surface area contributed by atoms with Crippen molar-refractivity contribution in [2.75, 3.05) is 13.4 Å². The summed E-state index contributed by atoms with van der Waals surface area (Å²) in [6.45, 7) is 4.71. The predicted molar refractivity (Wildman–Crippen MR) is 78.0 cm³/mol. The molecule has 0 radical (unpaired) electrons. The van der Waals surface area contributed by atoms with E-state index in [0.29, 0.717) is 12.5 Å². The molecule has 1 N–H and O–H groups in total. The number of ether oxygens (including phenoxy) is 1. The van der Waals surface area contributed by atoms with Gasteiger partial charge in [-0.25, -0.2) is 0 Å². The van der Waals surface area contributed by atoms with Crippen molar-refractivity contribution in [1.29, 1.82) is 0 Å². The van der Waals surface area contributed by atoms with Crippen LogP contribution in [0.3, 0.4) is 0 Å². The molecular formula is C14H23NO3S. The number of carbonyl (C=O) groups excluding carboxylic acids is 1. The van der Waals surface area contributed by atoms with Crippen LogP contribution in [0.15, 0.2) is 16.5 Å². The summed E-state index contributed by atoms with van der Waals surface area (Å²) >= 11 is 1.72. The van der Waals surface area contributed by atoms with Crippen molar-refractivity contribution >= 4 is 17.7 Å². The minimum Gasteiger partial charge on any atom is -0.468 e. The van der Waals surface area contributed by atoms with Gasteiger partial charge in [-0.05, 0) is 30.7 Å². The molecule has 0 saturated heterocycles. The molecule has 0 spiro atoms. The van der Waals surface area contributed by atoms with Gasteiger partial charge in [0, 0.05) is 0 Å². The summed E-state index contributed by atoms with van der Waals surface area (Å²) in [4.78, 5) is 11.7. The molecule has 1 aromatic heterocycles. The molecule has 1 unspecified atom stereocenters. The lowest BCUT2D eigenvalue weighted by molar-refractivity contribution is -0.143. The molecule has 1 aromatic rings. The fourth-order valence-corrected chi connectivity index (χ4v) is 2.28. The Morgan fingerprint density at radius 2 is 2.11 bits per heavy atom. The van der Waals surface area contributed by atoms with Gasteiger partial charge in [0.15, 0.2) is 0 Å². The third kappa shape index (κ3) is 5.70. The summed E-state index contributed by atoms with van der Waals surface area (Å²) in [5.74, 6) is 2.89. The van der Waals surface area contributed by atoms with Crippen LogP contribution in [-0.4, -0.2) is 25.4 Å². The third-order valence-electron chi connectivity index (χ3n) is 2.72. The van der Waals surface area contributed by atoms with Crippen molar-refractivity contribution in [3.8, 4) is 0 Å². The summed E-state index contributed by atoms with van der Waals surface area (Å²) in [6, 6.07) is 3.64. The molecule has 0 aliphatic carbocycles. The van der Waals surface area contributed by atoms with Crippen molar-refractivity contribution < 1.29 is 13.9 Å². The van der Waals surface area contributed by atoms with Gasteiger partial charge in [-0.15, -0.1) is 0 Å². The van der Waals surface area contributed by atoms with Crippen LogP contribution in [0.4, 0.5) is 0 Å². The SMILES string of the molecule is COC(=O)C(CC(C)C)NCc1ccc(CSC)o1. The molecule has 0 bridgehead atoms. The molecule has 1 rings (SSSR count). The molecule has 0 aliphatic rings. The Labute approximate surface area is 119 Å². The van der Waals surface area contributed by atoms with Crippen LogP contribution >= 0.6 is 11.8 Å². The highest BCUT2D eigenvalue weighted by atomic mass is 32.2. The zero-order chi connectivity index (χ0) is 14.3. The second-order valence-electron chi connectivity index (χ2n) is 4.89. The number of nitrogens with one attached hydrogen (secondary N) is 1. The van der Waals surface area contributed by atoms with Gasteiger partial charge in [-0.1, -0.05) is 13.8 Å². The molecule has 0 aromatic carbocycles. The first-order valence-corrected chi connectivity index (χ1v) is 7.84. The molecule has 1 heterocycles. The average molecular weight is 285 g/mol. The average Bonchev–Trinajstić information content (AvgIpc) is 2.81. The van der Waals surface area contributed by atoms with E-state index >= 15 is 0 Å². The Morgan fingerprint density at radius 1 is 1.42 bits per heavy atom. The van der Waals surface area contributed by atoms with E-state index in [2.05, 4.69) is 19.2 Å². The van der Waals surface area contributed by atoms with E-state index in [9.17, 15) is 4.79 Å². The molecule has 1 atom stereocenters. The lowest BCUT2D eigenvalue weighted by atomic mass is 10.0. The van der Waals surface area contributed by atoms with Gasteiger partial charge in [0.2, 0.25) is 0 Å². The number of esters is 1. The highest BCUT2D eigenvalue weighted by Gasteiger charge is 2.20. The van der Waals surface area contributed by atoms with E-state index in [4.69, 9.17) is 9.15 Å². The first-order chi connectivity index (χ1) is 9.06. The molecule has 4 nitrogen and oxygen atoms in total. The molecule has 0 amide bonds. The van der Waals surface area contributed by atoms with E-state index in [-0.39, 0.29) is 12.0 Å². The number of thioether (sulfide) groups is 1. The molecular weight excluding hydrogens is 262 g/mol. The Bertz CT molecular complexity index is 390. The van der Waals surface area contributed by atoms with Crippen LogP contribution in [0.5, 0.6) is 0 Å². The van der Waals surface area contributed by atoms with Crippen LogP contribution in [-0.2, 0) is 21.8 Å². The summed E-state index contributed by atoms with van der Waals surface area (Å²) in [5.41, 5.74) is 0. The van der Waals surface area contributed by atoms with Crippen LogP contribution in [0.2, 0.25) is 0 Å². The quantitative estimate of drug-likeness (QED) is 0.744. The number of furan rings is 1. The van der Waals surface area contributed by atoms with Crippen molar-refractivity contribution in [2.24, 2.45) is 5.92 Å². The van der Waals surface area contributed by atoms with Gasteiger partial charge in [-0.3, -0.25) is 10.1 Å². The maximum absolute atomic E-state index is 11.7. The number of hydrogen-bond donors (Lipinski definition) is 1. The summed E-state index contributed by atoms with van der Waals surface area (Å²) < 4.78 is 10.5. The number of rotatable bonds is 8. The summed E-state index contributed by atoms with van der Waals surface area (Å²) in [6.07, 6.45) is 2.79. The fraction of sp³-hybridized carbons (Fsp3) is 0.643. The zero-order valence-corrected chi connectivity index (χ0v) is 12.9. The van der Waals surface area contributed by atoms with Crippen molar-refractivity contribution in [3.05, 3.63) is 23.7 Å². The van der Waals surface area contributed by atoms with Crippen molar-refractivity contribution in [2.45, 2.75) is 38.6 Å². The Kier molecular flexibility index (Phi) is 7.02. The zero-order valence-electron chi connectivity index (χ0n) is 12.1. The minimum absolute atomic E-state index is 0.218. The summed E-state index contributed by atoms with van der Waals surface area (Å²) in [7, 11) is 1.42. The number of methoxy groups -OCH3 is 1. The van der Waals surface area contributed by atoms with Gasteiger partial charge in [-0.2, -0.15) is 11.8 Å². The van der Waals surface area contributed by atoms with Crippen LogP contribution in [0.25, 0.3) is 0 Å². The molecule has 0 saturated carbocycles. The monoisotopic (exact) mass is 285 g/mol. The summed E-state index contributed by atoms with van der Waals surface area (Å²) in [5, 5.41) is 3.20. The molecule has 19 heavy (non-hydrogen) atoms. The highest BCUT2D eigenvalue weighted by Crippen LogP contribution is 2.14. The first kappa shape index (κ1) is 16.1. The minimum atomic E-state index is -0.279. The van der Waals surface area contributed by atoms with Crippen molar-refractivity contribution in [3.63, 3.8) is 0 Å². The second kappa shape index (κ2) is 8.27. The maximum atomic E-state index is 11.7. The van der Waals surface area contributed by atoms with Crippen LogP contribution in [0.1, 0.15) is 31.8 Å². The van der Waals surface area contributed by atoms with Gasteiger partial charge in [0.05, 0.1) is 19.4 Å². The molecule has 108 valence electrons. The topological polar surface area (TPSA) is 51.5 Å². The predicted octanol–water partition coefficient (Wildman–Crippen LogP) is 2.82. The molecule has 0 fully saturated rings. The second-order valence-corrected chi connectivity index (χ2v) is 5.75. The lowest BCUT2D eigenvalue weighted by Crippen LogP contribution is -2.38. The van der Waals surface area contributed by atoms with E-state index in [1.54, 1.807) is 11.8 Å². The van der Waals surface area contributed by atoms with E-state index < -0.39 is 0 Å². The Balaban J connectivity index is 2.52. The fourth-order valence-electron chi connectivity index (χ4n) is 1.84. The van der Waals surface area contributed by atoms with E-state index in [0.717, 1.165) is 23.7 Å². The third-order valence-corrected chi connectivity index (χ3v) is 3.29. The van der Waals surface area contributed by atoms with Crippen LogP contribution < -0.4 is 5.32 Å². The Hall–Kier alpha value is -0.940. The Morgan fingerprint density at radius 3 is 2.68 bits per heavy atom. The van der Waals surface area contributed by atoms with Gasteiger partial charge in [0.25, 0.3) is 0 Å². The highest BCUT2D eigenvalue weighted by molar-refractivity contribution is 7.97. The lowest BCUT2D eigenvalue weighted by Gasteiger charge is -2.17. The largest absolute Gasteiger partial charge is 0.468 e.